The van der Waals surface area contributed by atoms with Crippen LogP contribution in [0.4, 0.5) is 0 Å². The third-order valence-electron chi connectivity index (χ3n) is 4.37. The van der Waals surface area contributed by atoms with Gasteiger partial charge in [-0.2, -0.15) is 0 Å². The standard InChI is InChI=1S/C19H13Br3/c20-10-11-1-4-14-17(7-11)15-5-2-12(21)9-19(15)16-6-3-13(22)8-18(14)16/h1,3-4,6-9H,2,5,10H2. The molecule has 0 aromatic heterocycles. The second-order valence-corrected chi connectivity index (χ2v) is 8.18. The Morgan fingerprint density at radius 1 is 0.818 bits per heavy atom. The molecule has 1 aliphatic carbocycles. The molecular formula is C19H13Br3. The van der Waals surface area contributed by atoms with Gasteiger partial charge in [0.25, 0.3) is 0 Å². The minimum atomic E-state index is 0.897. The van der Waals surface area contributed by atoms with Crippen molar-refractivity contribution in [3.63, 3.8) is 0 Å². The zero-order valence-corrected chi connectivity index (χ0v) is 16.6. The van der Waals surface area contributed by atoms with E-state index in [1.165, 1.54) is 42.7 Å². The second kappa shape index (κ2) is 5.77. The van der Waals surface area contributed by atoms with Crippen LogP contribution in [0, 0.1) is 0 Å². The van der Waals surface area contributed by atoms with E-state index in [4.69, 9.17) is 0 Å². The molecule has 110 valence electrons. The van der Waals surface area contributed by atoms with Crippen molar-refractivity contribution >= 4 is 75.4 Å². The minimum absolute atomic E-state index is 0.897. The Bertz CT molecular complexity index is 938. The first kappa shape index (κ1) is 14.9. The molecule has 0 aliphatic heterocycles. The summed E-state index contributed by atoms with van der Waals surface area (Å²) in [5.41, 5.74) is 4.19. The summed E-state index contributed by atoms with van der Waals surface area (Å²) in [6.45, 7) is 0. The van der Waals surface area contributed by atoms with E-state index >= 15 is 0 Å². The van der Waals surface area contributed by atoms with Crippen LogP contribution in [0.3, 0.4) is 0 Å². The normalized spacial score (nSPS) is 14.2. The van der Waals surface area contributed by atoms with Gasteiger partial charge in [0.05, 0.1) is 0 Å². The Labute approximate surface area is 155 Å². The number of hydrogen-bond donors (Lipinski definition) is 0. The third-order valence-corrected chi connectivity index (χ3v) is 6.13. The lowest BCUT2D eigenvalue weighted by molar-refractivity contribution is 0.991. The lowest BCUT2D eigenvalue weighted by atomic mass is 9.86. The van der Waals surface area contributed by atoms with Crippen LogP contribution in [0.5, 0.6) is 0 Å². The molecule has 0 fully saturated rings. The topological polar surface area (TPSA) is 0 Å². The van der Waals surface area contributed by atoms with E-state index in [2.05, 4.69) is 90.3 Å². The van der Waals surface area contributed by atoms with E-state index in [1.54, 1.807) is 0 Å². The fourth-order valence-electron chi connectivity index (χ4n) is 3.35. The van der Waals surface area contributed by atoms with Crippen LogP contribution < -0.4 is 0 Å². The van der Waals surface area contributed by atoms with Crippen LogP contribution in [0.1, 0.15) is 23.1 Å². The number of benzene rings is 3. The molecule has 3 aromatic carbocycles. The third kappa shape index (κ3) is 2.38. The number of fused-ring (bicyclic) bond motifs is 6. The van der Waals surface area contributed by atoms with Crippen LogP contribution in [0.2, 0.25) is 0 Å². The molecule has 0 bridgehead atoms. The lowest BCUT2D eigenvalue weighted by Gasteiger charge is -2.20. The first-order valence-corrected chi connectivity index (χ1v) is 9.97. The molecule has 0 N–H and O–H groups in total. The van der Waals surface area contributed by atoms with Gasteiger partial charge in [0, 0.05) is 9.80 Å². The van der Waals surface area contributed by atoms with Gasteiger partial charge in [-0.1, -0.05) is 66.0 Å². The van der Waals surface area contributed by atoms with Gasteiger partial charge >= 0.3 is 0 Å². The summed E-state index contributed by atoms with van der Waals surface area (Å²) in [5, 5.41) is 6.31. The number of alkyl halides is 1. The number of halogens is 3. The van der Waals surface area contributed by atoms with E-state index in [0.29, 0.717) is 0 Å². The van der Waals surface area contributed by atoms with Gasteiger partial charge in [0.2, 0.25) is 0 Å². The molecule has 22 heavy (non-hydrogen) atoms. The highest BCUT2D eigenvalue weighted by Gasteiger charge is 2.17. The van der Waals surface area contributed by atoms with Crippen LogP contribution in [-0.2, 0) is 11.8 Å². The summed E-state index contributed by atoms with van der Waals surface area (Å²) in [4.78, 5) is 0. The molecular weight excluding hydrogens is 468 g/mol. The largest absolute Gasteiger partial charge is 0.0876 e. The smallest absolute Gasteiger partial charge is 0.0283 e. The first-order chi connectivity index (χ1) is 10.7. The van der Waals surface area contributed by atoms with Gasteiger partial charge in [-0.3, -0.25) is 0 Å². The molecule has 0 spiro atoms. The highest BCUT2D eigenvalue weighted by molar-refractivity contribution is 9.11. The van der Waals surface area contributed by atoms with Crippen molar-refractivity contribution in [2.45, 2.75) is 18.2 Å². The zero-order valence-electron chi connectivity index (χ0n) is 11.8. The Morgan fingerprint density at radius 3 is 2.45 bits per heavy atom. The Balaban J connectivity index is 2.23. The fourth-order valence-corrected chi connectivity index (χ4v) is 4.49. The summed E-state index contributed by atoms with van der Waals surface area (Å²) in [5.74, 6) is 0. The first-order valence-electron chi connectivity index (χ1n) is 7.26. The van der Waals surface area contributed by atoms with Crippen molar-refractivity contribution in [2.75, 3.05) is 0 Å². The van der Waals surface area contributed by atoms with Crippen LogP contribution in [0.15, 0.2) is 45.4 Å². The maximum absolute atomic E-state index is 3.69. The van der Waals surface area contributed by atoms with Crippen LogP contribution in [-0.4, -0.2) is 0 Å². The quantitative estimate of drug-likeness (QED) is 0.252. The number of hydrogen-bond acceptors (Lipinski definition) is 0. The van der Waals surface area contributed by atoms with Crippen molar-refractivity contribution in [1.82, 2.24) is 0 Å². The molecule has 0 saturated heterocycles. The number of rotatable bonds is 1. The van der Waals surface area contributed by atoms with E-state index in [9.17, 15) is 0 Å². The minimum Gasteiger partial charge on any atom is -0.0876 e. The zero-order chi connectivity index (χ0) is 15.3. The van der Waals surface area contributed by atoms with Crippen LogP contribution >= 0.6 is 47.8 Å². The number of aryl methyl sites for hydroxylation is 1. The monoisotopic (exact) mass is 478 g/mol. The predicted molar refractivity (Wildman–Crippen MR) is 107 cm³/mol. The van der Waals surface area contributed by atoms with Gasteiger partial charge in [-0.25, -0.2) is 0 Å². The molecule has 3 heteroatoms. The van der Waals surface area contributed by atoms with Gasteiger partial charge < -0.3 is 0 Å². The maximum atomic E-state index is 3.69. The summed E-state index contributed by atoms with van der Waals surface area (Å²) >= 11 is 10.9. The van der Waals surface area contributed by atoms with E-state index in [0.717, 1.165) is 22.6 Å². The highest BCUT2D eigenvalue weighted by atomic mass is 79.9. The molecule has 4 rings (SSSR count). The van der Waals surface area contributed by atoms with E-state index in [1.807, 2.05) is 0 Å². The van der Waals surface area contributed by atoms with E-state index in [-0.39, 0.29) is 0 Å². The predicted octanol–water partition coefficient (Wildman–Crippen LogP) is 7.33. The average Bonchev–Trinajstić information content (AvgIpc) is 2.54. The van der Waals surface area contributed by atoms with Crippen molar-refractivity contribution in [1.29, 1.82) is 0 Å². The van der Waals surface area contributed by atoms with Gasteiger partial charge in [-0.05, 0) is 79.8 Å². The van der Waals surface area contributed by atoms with Gasteiger partial charge in [0.1, 0.15) is 0 Å². The van der Waals surface area contributed by atoms with Crippen molar-refractivity contribution in [2.24, 2.45) is 0 Å². The van der Waals surface area contributed by atoms with Crippen molar-refractivity contribution in [3.05, 3.63) is 62.0 Å². The van der Waals surface area contributed by atoms with Crippen LogP contribution in [0.25, 0.3) is 27.6 Å². The maximum Gasteiger partial charge on any atom is 0.0283 e. The second-order valence-electron chi connectivity index (χ2n) is 5.69. The molecule has 0 nitrogen and oxygen atoms in total. The Morgan fingerprint density at radius 2 is 1.64 bits per heavy atom. The van der Waals surface area contributed by atoms with Crippen molar-refractivity contribution in [3.8, 4) is 0 Å². The molecule has 1 aliphatic rings. The van der Waals surface area contributed by atoms with E-state index < -0.39 is 0 Å². The van der Waals surface area contributed by atoms with Gasteiger partial charge in [0.15, 0.2) is 0 Å². The Kier molecular flexibility index (Phi) is 3.91. The molecule has 0 atom stereocenters. The lowest BCUT2D eigenvalue weighted by Crippen LogP contribution is -2.00. The molecule has 0 amide bonds. The highest BCUT2D eigenvalue weighted by Crippen LogP contribution is 2.40. The molecule has 0 radical (unpaired) electrons. The molecule has 0 unspecified atom stereocenters. The molecule has 3 aromatic rings. The fraction of sp³-hybridized carbons (Fsp3) is 0.158. The summed E-state index contributed by atoms with van der Waals surface area (Å²) in [7, 11) is 0. The molecule has 0 heterocycles. The SMILES string of the molecule is BrCc1ccc2c(c1)c1c(c3ccc(Br)cc32)C=C(Br)CC1. The summed E-state index contributed by atoms with van der Waals surface area (Å²) in [6, 6.07) is 13.4. The number of allylic oxidation sites excluding steroid dienone is 1. The average molecular weight is 481 g/mol. The summed E-state index contributed by atoms with van der Waals surface area (Å²) < 4.78 is 2.42. The molecule has 0 saturated carbocycles. The van der Waals surface area contributed by atoms with Crippen molar-refractivity contribution < 1.29 is 0 Å². The summed E-state index contributed by atoms with van der Waals surface area (Å²) in [6.07, 6.45) is 4.48. The van der Waals surface area contributed by atoms with Gasteiger partial charge in [-0.15, -0.1) is 0 Å². The Hall–Kier alpha value is -0.640.